The largest absolute Gasteiger partial charge is 0.480 e. The van der Waals surface area contributed by atoms with E-state index in [-0.39, 0.29) is 6.54 Å². The molecule has 0 aliphatic rings. The van der Waals surface area contributed by atoms with Crippen molar-refractivity contribution in [1.29, 1.82) is 0 Å². The van der Waals surface area contributed by atoms with Gasteiger partial charge in [0.25, 0.3) is 0 Å². The van der Waals surface area contributed by atoms with Crippen LogP contribution in [0.2, 0.25) is 15.1 Å². The summed E-state index contributed by atoms with van der Waals surface area (Å²) < 4.78 is 2.62. The van der Waals surface area contributed by atoms with E-state index in [1.807, 2.05) is 0 Å². The Morgan fingerprint density at radius 1 is 1.27 bits per heavy atom. The van der Waals surface area contributed by atoms with Gasteiger partial charge in [-0.3, -0.25) is 4.79 Å². The molecule has 0 aromatic heterocycles. The first-order valence-corrected chi connectivity index (χ1v) is 5.72. The van der Waals surface area contributed by atoms with Gasteiger partial charge in [0.1, 0.15) is 6.54 Å². The number of halogens is 3. The van der Waals surface area contributed by atoms with Gasteiger partial charge in [-0.05, 0) is 24.1 Å². The summed E-state index contributed by atoms with van der Waals surface area (Å²) in [7, 11) is 0. The van der Waals surface area contributed by atoms with Crippen molar-refractivity contribution in [3.63, 3.8) is 0 Å². The van der Waals surface area contributed by atoms with Gasteiger partial charge in [-0.25, -0.2) is 4.72 Å². The minimum Gasteiger partial charge on any atom is -0.480 e. The smallest absolute Gasteiger partial charge is 0.318 e. The number of rotatable bonds is 4. The number of carbonyl (C=O) groups is 1. The highest BCUT2D eigenvalue weighted by molar-refractivity contribution is 7.97. The molecule has 3 nitrogen and oxygen atoms in total. The predicted octanol–water partition coefficient (Wildman–Crippen LogP) is 3.33. The molecule has 2 N–H and O–H groups in total. The molecule has 0 heterocycles. The minimum atomic E-state index is -0.946. The number of carboxylic acid groups (broad SMARTS) is 1. The molecule has 0 spiro atoms. The van der Waals surface area contributed by atoms with E-state index in [2.05, 4.69) is 4.72 Å². The number of hydrogen-bond acceptors (Lipinski definition) is 3. The highest BCUT2D eigenvalue weighted by Crippen LogP contribution is 2.33. The molecule has 15 heavy (non-hydrogen) atoms. The second kappa shape index (κ2) is 5.82. The zero-order chi connectivity index (χ0) is 11.4. The summed E-state index contributed by atoms with van der Waals surface area (Å²) in [4.78, 5) is 10.9. The summed E-state index contributed by atoms with van der Waals surface area (Å²) >= 11 is 18.5. The standard InChI is InChI=1S/C8H6Cl3NO2S/c9-4-1-6(11)7(2-5(4)10)15-12-3-8(13)14/h1-2,12H,3H2,(H,13,14). The van der Waals surface area contributed by atoms with Crippen molar-refractivity contribution in [3.8, 4) is 0 Å². The van der Waals surface area contributed by atoms with Crippen molar-refractivity contribution in [1.82, 2.24) is 4.72 Å². The van der Waals surface area contributed by atoms with E-state index in [0.29, 0.717) is 20.0 Å². The second-order valence-corrected chi connectivity index (χ2v) is 4.67. The average Bonchev–Trinajstić information content (AvgIpc) is 2.13. The molecule has 7 heteroatoms. The molecule has 0 fully saturated rings. The summed E-state index contributed by atoms with van der Waals surface area (Å²) in [5, 5.41) is 9.57. The molecule has 0 saturated carbocycles. The van der Waals surface area contributed by atoms with E-state index < -0.39 is 5.97 Å². The summed E-state index contributed by atoms with van der Waals surface area (Å²) in [6.07, 6.45) is 0. The van der Waals surface area contributed by atoms with E-state index in [1.165, 1.54) is 6.07 Å². The molecule has 0 aliphatic carbocycles. The molecular formula is C8H6Cl3NO2S. The predicted molar refractivity (Wildman–Crippen MR) is 63.0 cm³/mol. The Hall–Kier alpha value is -0.130. The van der Waals surface area contributed by atoms with E-state index >= 15 is 0 Å². The van der Waals surface area contributed by atoms with Gasteiger partial charge in [0, 0.05) is 4.90 Å². The lowest BCUT2D eigenvalue weighted by Crippen LogP contribution is -2.15. The maximum Gasteiger partial charge on any atom is 0.318 e. The van der Waals surface area contributed by atoms with E-state index in [4.69, 9.17) is 39.9 Å². The molecule has 0 atom stereocenters. The van der Waals surface area contributed by atoms with Crippen LogP contribution in [0.15, 0.2) is 17.0 Å². The van der Waals surface area contributed by atoms with Crippen LogP contribution < -0.4 is 4.72 Å². The lowest BCUT2D eigenvalue weighted by molar-refractivity contribution is -0.135. The van der Waals surface area contributed by atoms with Gasteiger partial charge in [0.15, 0.2) is 0 Å². The molecule has 0 bridgehead atoms. The molecule has 0 saturated heterocycles. The third-order valence-electron chi connectivity index (χ3n) is 1.38. The first-order chi connectivity index (χ1) is 7.00. The Kier molecular flexibility index (Phi) is 5.02. The van der Waals surface area contributed by atoms with Crippen LogP contribution in [0.5, 0.6) is 0 Å². The number of aliphatic carboxylic acids is 1. The van der Waals surface area contributed by atoms with Gasteiger partial charge < -0.3 is 5.11 Å². The van der Waals surface area contributed by atoms with E-state index in [1.54, 1.807) is 6.07 Å². The zero-order valence-corrected chi connectivity index (χ0v) is 10.3. The molecule has 1 aromatic rings. The third-order valence-corrected chi connectivity index (χ3v) is 3.37. The molecule has 0 aliphatic heterocycles. The Balaban J connectivity index is 2.69. The van der Waals surface area contributed by atoms with E-state index in [0.717, 1.165) is 11.9 Å². The Morgan fingerprint density at radius 2 is 1.87 bits per heavy atom. The van der Waals surface area contributed by atoms with Crippen LogP contribution in [0, 0.1) is 0 Å². The zero-order valence-electron chi connectivity index (χ0n) is 7.26. The van der Waals surface area contributed by atoms with Crippen molar-refractivity contribution in [2.75, 3.05) is 6.54 Å². The molecule has 0 unspecified atom stereocenters. The Bertz CT molecular complexity index is 386. The van der Waals surface area contributed by atoms with Crippen LogP contribution >= 0.6 is 46.8 Å². The fourth-order valence-electron chi connectivity index (χ4n) is 0.758. The summed E-state index contributed by atoms with van der Waals surface area (Å²) in [5.74, 6) is -0.946. The first kappa shape index (κ1) is 12.9. The number of nitrogens with one attached hydrogen (secondary N) is 1. The molecule has 1 rings (SSSR count). The van der Waals surface area contributed by atoms with Gasteiger partial charge in [0.2, 0.25) is 0 Å². The summed E-state index contributed by atoms with van der Waals surface area (Å²) in [5.41, 5.74) is 0. The fraction of sp³-hybridized carbons (Fsp3) is 0.125. The summed E-state index contributed by atoms with van der Waals surface area (Å²) in [6.45, 7) is -0.165. The maximum atomic E-state index is 10.2. The number of hydrogen-bond donors (Lipinski definition) is 2. The van der Waals surface area contributed by atoms with E-state index in [9.17, 15) is 4.79 Å². The van der Waals surface area contributed by atoms with Gasteiger partial charge >= 0.3 is 5.97 Å². The van der Waals surface area contributed by atoms with Crippen molar-refractivity contribution in [3.05, 3.63) is 27.2 Å². The van der Waals surface area contributed by atoms with Crippen LogP contribution in [0.25, 0.3) is 0 Å². The maximum absolute atomic E-state index is 10.2. The Labute approximate surface area is 106 Å². The average molecular weight is 287 g/mol. The summed E-state index contributed by atoms with van der Waals surface area (Å²) in [6, 6.07) is 3.09. The van der Waals surface area contributed by atoms with Gasteiger partial charge in [-0.2, -0.15) is 0 Å². The van der Waals surface area contributed by atoms with Crippen molar-refractivity contribution in [2.45, 2.75) is 4.90 Å². The van der Waals surface area contributed by atoms with Crippen molar-refractivity contribution < 1.29 is 9.90 Å². The molecule has 82 valence electrons. The van der Waals surface area contributed by atoms with Crippen LogP contribution in [0.4, 0.5) is 0 Å². The first-order valence-electron chi connectivity index (χ1n) is 3.76. The second-order valence-electron chi connectivity index (χ2n) is 2.51. The molecule has 0 radical (unpaired) electrons. The monoisotopic (exact) mass is 285 g/mol. The lowest BCUT2D eigenvalue weighted by atomic mass is 10.4. The molecule has 1 aromatic carbocycles. The van der Waals surface area contributed by atoms with Crippen LogP contribution in [0.1, 0.15) is 0 Å². The van der Waals surface area contributed by atoms with Gasteiger partial charge in [0.05, 0.1) is 15.1 Å². The van der Waals surface area contributed by atoms with Gasteiger partial charge in [-0.15, -0.1) is 0 Å². The van der Waals surface area contributed by atoms with Crippen LogP contribution in [-0.2, 0) is 4.79 Å². The lowest BCUT2D eigenvalue weighted by Gasteiger charge is -2.05. The molecular weight excluding hydrogens is 281 g/mol. The quantitative estimate of drug-likeness (QED) is 0.658. The Morgan fingerprint density at radius 3 is 2.47 bits per heavy atom. The topological polar surface area (TPSA) is 49.3 Å². The number of benzene rings is 1. The number of carboxylic acids is 1. The SMILES string of the molecule is O=C(O)CNSc1cc(Cl)c(Cl)cc1Cl. The van der Waals surface area contributed by atoms with Crippen molar-refractivity contribution >= 4 is 52.7 Å². The fourth-order valence-corrected chi connectivity index (χ4v) is 2.17. The van der Waals surface area contributed by atoms with Crippen molar-refractivity contribution in [2.24, 2.45) is 0 Å². The third kappa shape index (κ3) is 4.09. The minimum absolute atomic E-state index is 0.165. The van der Waals surface area contributed by atoms with Gasteiger partial charge in [-0.1, -0.05) is 34.8 Å². The highest BCUT2D eigenvalue weighted by Gasteiger charge is 2.07. The highest BCUT2D eigenvalue weighted by atomic mass is 35.5. The molecule has 0 amide bonds. The normalized spacial score (nSPS) is 10.3. The van der Waals surface area contributed by atoms with Crippen LogP contribution in [0.3, 0.4) is 0 Å². The van der Waals surface area contributed by atoms with Crippen LogP contribution in [-0.4, -0.2) is 17.6 Å².